The van der Waals surface area contributed by atoms with Crippen molar-refractivity contribution in [1.82, 2.24) is 0 Å². The third kappa shape index (κ3) is 3.89. The number of ether oxygens (including phenoxy) is 2. The van der Waals surface area contributed by atoms with Gasteiger partial charge in [0.05, 0.1) is 18.8 Å². The SMILES string of the molecule is CCOc1ccc(C=C2C(=O)ON=C2c2ccc(Cl)cc2)c(OCC)c1. The predicted molar refractivity (Wildman–Crippen MR) is 101 cm³/mol. The Morgan fingerprint density at radius 1 is 1.08 bits per heavy atom. The molecule has 2 aromatic carbocycles. The highest BCUT2D eigenvalue weighted by Gasteiger charge is 2.27. The average molecular weight is 372 g/mol. The normalized spacial score (nSPS) is 15.0. The lowest BCUT2D eigenvalue weighted by Crippen LogP contribution is -2.07. The van der Waals surface area contributed by atoms with Crippen molar-refractivity contribution < 1.29 is 19.1 Å². The molecule has 26 heavy (non-hydrogen) atoms. The summed E-state index contributed by atoms with van der Waals surface area (Å²) >= 11 is 5.93. The molecule has 134 valence electrons. The molecule has 0 spiro atoms. The molecule has 0 aromatic heterocycles. The fourth-order valence-electron chi connectivity index (χ4n) is 2.55. The van der Waals surface area contributed by atoms with E-state index in [9.17, 15) is 4.79 Å². The van der Waals surface area contributed by atoms with Gasteiger partial charge in [-0.1, -0.05) is 28.9 Å². The maximum atomic E-state index is 12.2. The molecule has 5 nitrogen and oxygen atoms in total. The number of carbonyl (C=O) groups is 1. The van der Waals surface area contributed by atoms with E-state index in [2.05, 4.69) is 5.16 Å². The van der Waals surface area contributed by atoms with E-state index in [4.69, 9.17) is 25.9 Å². The summed E-state index contributed by atoms with van der Waals surface area (Å²) in [5.74, 6) is 0.825. The summed E-state index contributed by atoms with van der Waals surface area (Å²) in [6.07, 6.45) is 1.71. The molecule has 1 heterocycles. The number of hydrogen-bond donors (Lipinski definition) is 0. The fourth-order valence-corrected chi connectivity index (χ4v) is 2.68. The molecular weight excluding hydrogens is 354 g/mol. The van der Waals surface area contributed by atoms with Crippen LogP contribution in [0, 0.1) is 0 Å². The molecule has 0 radical (unpaired) electrons. The summed E-state index contributed by atoms with van der Waals surface area (Å²) < 4.78 is 11.2. The molecule has 0 amide bonds. The van der Waals surface area contributed by atoms with Crippen LogP contribution in [0.1, 0.15) is 25.0 Å². The topological polar surface area (TPSA) is 57.1 Å². The van der Waals surface area contributed by atoms with Crippen LogP contribution in [0.4, 0.5) is 0 Å². The van der Waals surface area contributed by atoms with E-state index in [0.717, 1.165) is 11.1 Å². The zero-order valence-corrected chi connectivity index (χ0v) is 15.2. The number of oxime groups is 1. The number of hydrogen-bond acceptors (Lipinski definition) is 5. The first-order valence-electron chi connectivity index (χ1n) is 8.29. The lowest BCUT2D eigenvalue weighted by atomic mass is 10.0. The third-order valence-electron chi connectivity index (χ3n) is 3.71. The Kier molecular flexibility index (Phi) is 5.58. The first-order chi connectivity index (χ1) is 12.6. The molecule has 0 saturated carbocycles. The van der Waals surface area contributed by atoms with Crippen molar-refractivity contribution in [3.8, 4) is 11.5 Å². The Labute approximate surface area is 156 Å². The lowest BCUT2D eigenvalue weighted by molar-refractivity contribution is -0.136. The standard InChI is InChI=1S/C20H18ClNO4/c1-3-24-16-10-7-14(18(12-16)25-4-2)11-17-19(22-26-20(17)23)13-5-8-15(21)9-6-13/h5-12H,3-4H2,1-2H3. The van der Waals surface area contributed by atoms with E-state index < -0.39 is 5.97 Å². The Balaban J connectivity index is 2.00. The van der Waals surface area contributed by atoms with Gasteiger partial charge in [0, 0.05) is 22.2 Å². The molecule has 0 saturated heterocycles. The van der Waals surface area contributed by atoms with Gasteiger partial charge in [-0.3, -0.25) is 0 Å². The van der Waals surface area contributed by atoms with Crippen LogP contribution in [-0.2, 0) is 9.63 Å². The molecule has 6 heteroatoms. The summed E-state index contributed by atoms with van der Waals surface area (Å²) in [4.78, 5) is 17.1. The molecule has 0 unspecified atom stereocenters. The van der Waals surface area contributed by atoms with Crippen molar-refractivity contribution in [2.75, 3.05) is 13.2 Å². The van der Waals surface area contributed by atoms with Gasteiger partial charge in [-0.05, 0) is 44.2 Å². The van der Waals surface area contributed by atoms with Gasteiger partial charge in [0.1, 0.15) is 17.2 Å². The van der Waals surface area contributed by atoms with E-state index in [1.807, 2.05) is 26.0 Å². The van der Waals surface area contributed by atoms with Crippen molar-refractivity contribution in [3.05, 3.63) is 64.2 Å². The Bertz CT molecular complexity index is 872. The van der Waals surface area contributed by atoms with E-state index in [1.54, 1.807) is 36.4 Å². The minimum Gasteiger partial charge on any atom is -0.494 e. The van der Waals surface area contributed by atoms with E-state index in [1.165, 1.54) is 0 Å². The third-order valence-corrected chi connectivity index (χ3v) is 3.96. The molecule has 2 aromatic rings. The summed E-state index contributed by atoms with van der Waals surface area (Å²) in [5, 5.41) is 4.51. The van der Waals surface area contributed by atoms with Crippen LogP contribution in [-0.4, -0.2) is 24.9 Å². The van der Waals surface area contributed by atoms with Crippen LogP contribution in [0.2, 0.25) is 5.02 Å². The van der Waals surface area contributed by atoms with Gasteiger partial charge in [-0.15, -0.1) is 0 Å². The van der Waals surface area contributed by atoms with Gasteiger partial charge < -0.3 is 14.3 Å². The molecule has 1 aliphatic heterocycles. The first kappa shape index (κ1) is 18.0. The smallest absolute Gasteiger partial charge is 0.368 e. The number of halogens is 1. The van der Waals surface area contributed by atoms with Crippen LogP contribution < -0.4 is 9.47 Å². The van der Waals surface area contributed by atoms with Gasteiger partial charge in [0.2, 0.25) is 0 Å². The van der Waals surface area contributed by atoms with E-state index in [0.29, 0.717) is 41.0 Å². The van der Waals surface area contributed by atoms with Crippen LogP contribution in [0.15, 0.2) is 53.2 Å². The van der Waals surface area contributed by atoms with Crippen molar-refractivity contribution in [3.63, 3.8) is 0 Å². The monoisotopic (exact) mass is 371 g/mol. The van der Waals surface area contributed by atoms with E-state index in [-0.39, 0.29) is 0 Å². The molecule has 0 fully saturated rings. The lowest BCUT2D eigenvalue weighted by Gasteiger charge is -2.11. The van der Waals surface area contributed by atoms with Crippen LogP contribution in [0.25, 0.3) is 6.08 Å². The second-order valence-electron chi connectivity index (χ2n) is 5.45. The molecule has 3 rings (SSSR count). The maximum Gasteiger partial charge on any atom is 0.368 e. The number of nitrogens with zero attached hydrogens (tertiary/aromatic N) is 1. The summed E-state index contributed by atoms with van der Waals surface area (Å²) in [5.41, 5.74) is 2.31. The molecular formula is C20H18ClNO4. The Morgan fingerprint density at radius 2 is 1.81 bits per heavy atom. The van der Waals surface area contributed by atoms with Crippen molar-refractivity contribution in [1.29, 1.82) is 0 Å². The van der Waals surface area contributed by atoms with Gasteiger partial charge in [0.15, 0.2) is 0 Å². The minimum atomic E-state index is -0.508. The highest BCUT2D eigenvalue weighted by atomic mass is 35.5. The highest BCUT2D eigenvalue weighted by Crippen LogP contribution is 2.29. The zero-order chi connectivity index (χ0) is 18.5. The number of carbonyl (C=O) groups excluding carboxylic acids is 1. The van der Waals surface area contributed by atoms with Gasteiger partial charge in [-0.2, -0.15) is 0 Å². The van der Waals surface area contributed by atoms with Gasteiger partial charge in [-0.25, -0.2) is 4.79 Å². The summed E-state index contributed by atoms with van der Waals surface area (Å²) in [6.45, 7) is 4.87. The number of benzene rings is 2. The first-order valence-corrected chi connectivity index (χ1v) is 8.67. The zero-order valence-electron chi connectivity index (χ0n) is 14.5. The van der Waals surface area contributed by atoms with Crippen LogP contribution in [0.5, 0.6) is 11.5 Å². The van der Waals surface area contributed by atoms with Gasteiger partial charge >= 0.3 is 5.97 Å². The van der Waals surface area contributed by atoms with Crippen LogP contribution >= 0.6 is 11.6 Å². The molecule has 1 aliphatic rings. The van der Waals surface area contributed by atoms with Crippen LogP contribution in [0.3, 0.4) is 0 Å². The Morgan fingerprint density at radius 3 is 2.50 bits per heavy atom. The van der Waals surface area contributed by atoms with Crippen molar-refractivity contribution >= 4 is 29.4 Å². The molecule has 0 N–H and O–H groups in total. The molecule has 0 bridgehead atoms. The second-order valence-corrected chi connectivity index (χ2v) is 5.89. The number of rotatable bonds is 6. The van der Waals surface area contributed by atoms with Crippen molar-refractivity contribution in [2.45, 2.75) is 13.8 Å². The Hall–Kier alpha value is -2.79. The minimum absolute atomic E-state index is 0.359. The largest absolute Gasteiger partial charge is 0.494 e. The van der Waals surface area contributed by atoms with E-state index >= 15 is 0 Å². The quantitative estimate of drug-likeness (QED) is 0.555. The molecule has 0 atom stereocenters. The second kappa shape index (κ2) is 8.06. The summed E-state index contributed by atoms with van der Waals surface area (Å²) in [6, 6.07) is 12.5. The fraction of sp³-hybridized carbons (Fsp3) is 0.200. The summed E-state index contributed by atoms with van der Waals surface area (Å²) in [7, 11) is 0. The average Bonchev–Trinajstić information content (AvgIpc) is 2.99. The molecule has 0 aliphatic carbocycles. The van der Waals surface area contributed by atoms with Crippen molar-refractivity contribution in [2.24, 2.45) is 5.16 Å². The maximum absolute atomic E-state index is 12.2. The predicted octanol–water partition coefficient (Wildman–Crippen LogP) is 4.48. The highest BCUT2D eigenvalue weighted by molar-refractivity contribution is 6.32. The van der Waals surface area contributed by atoms with Gasteiger partial charge in [0.25, 0.3) is 0 Å².